The summed E-state index contributed by atoms with van der Waals surface area (Å²) in [4.78, 5) is 0. The third kappa shape index (κ3) is 1.07. The van der Waals surface area contributed by atoms with E-state index in [9.17, 15) is 8.42 Å². The minimum atomic E-state index is -3.24. The van der Waals surface area contributed by atoms with Crippen molar-refractivity contribution < 1.29 is 12.6 Å². The van der Waals surface area contributed by atoms with E-state index >= 15 is 0 Å². The van der Waals surface area contributed by atoms with Crippen molar-refractivity contribution in [1.29, 1.82) is 0 Å². The van der Waals surface area contributed by atoms with Crippen LogP contribution in [0.25, 0.3) is 0 Å². The first kappa shape index (κ1) is 10.1. The molecule has 4 heteroatoms. The van der Waals surface area contributed by atoms with Gasteiger partial charge >= 0.3 is 0 Å². The van der Waals surface area contributed by atoms with Gasteiger partial charge in [-0.3, -0.25) is 4.18 Å². The smallest absolute Gasteiger partial charge is 0.266 e. The van der Waals surface area contributed by atoms with Crippen molar-refractivity contribution in [2.75, 3.05) is 0 Å². The molecule has 2 aliphatic carbocycles. The first-order valence-electron chi connectivity index (χ1n) is 5.77. The molecule has 0 aromatic carbocycles. The molecule has 1 aliphatic heterocycles. The fraction of sp³-hybridized carbons (Fsp3) is 1.00. The Kier molecular flexibility index (Phi) is 1.74. The second-order valence-corrected chi connectivity index (χ2v) is 7.87. The molecule has 1 saturated heterocycles. The summed E-state index contributed by atoms with van der Waals surface area (Å²) in [6, 6.07) is 0. The molecule has 0 aromatic rings. The SMILES string of the molecule is CC(C)C1C2OS(=O)(=O)C3CC1(C)CC23. The normalized spacial score (nSPS) is 55.5. The van der Waals surface area contributed by atoms with E-state index < -0.39 is 10.1 Å². The van der Waals surface area contributed by atoms with E-state index in [4.69, 9.17) is 4.18 Å². The molecule has 2 saturated carbocycles. The summed E-state index contributed by atoms with van der Waals surface area (Å²) in [5, 5.41) is -0.192. The summed E-state index contributed by atoms with van der Waals surface area (Å²) in [5.74, 6) is 1.22. The first-order valence-corrected chi connectivity index (χ1v) is 7.24. The molecule has 0 spiro atoms. The third-order valence-corrected chi connectivity index (χ3v) is 6.51. The zero-order valence-corrected chi connectivity index (χ0v) is 10.3. The maximum absolute atomic E-state index is 11.8. The fourth-order valence-electron chi connectivity index (χ4n) is 4.48. The van der Waals surface area contributed by atoms with Gasteiger partial charge in [0.15, 0.2) is 0 Å². The molecule has 3 nitrogen and oxygen atoms in total. The van der Waals surface area contributed by atoms with Gasteiger partial charge in [0, 0.05) is 5.92 Å². The van der Waals surface area contributed by atoms with Gasteiger partial charge in [-0.15, -0.1) is 0 Å². The van der Waals surface area contributed by atoms with Crippen LogP contribution in [0.2, 0.25) is 0 Å². The van der Waals surface area contributed by atoms with Gasteiger partial charge in [-0.2, -0.15) is 8.42 Å². The van der Waals surface area contributed by atoms with Gasteiger partial charge in [-0.25, -0.2) is 0 Å². The van der Waals surface area contributed by atoms with Crippen LogP contribution in [-0.4, -0.2) is 19.8 Å². The van der Waals surface area contributed by atoms with Crippen molar-refractivity contribution in [3.8, 4) is 0 Å². The van der Waals surface area contributed by atoms with Crippen molar-refractivity contribution in [2.45, 2.75) is 45.0 Å². The van der Waals surface area contributed by atoms with Gasteiger partial charge in [-0.1, -0.05) is 20.8 Å². The van der Waals surface area contributed by atoms with E-state index in [1.807, 2.05) is 0 Å². The molecule has 5 atom stereocenters. The van der Waals surface area contributed by atoms with Gasteiger partial charge in [0.2, 0.25) is 0 Å². The lowest BCUT2D eigenvalue weighted by Gasteiger charge is -2.36. The van der Waals surface area contributed by atoms with Crippen LogP contribution in [0.4, 0.5) is 0 Å². The van der Waals surface area contributed by atoms with E-state index in [2.05, 4.69) is 20.8 Å². The highest BCUT2D eigenvalue weighted by Crippen LogP contribution is 2.65. The topological polar surface area (TPSA) is 43.4 Å². The Morgan fingerprint density at radius 2 is 2.00 bits per heavy atom. The molecule has 0 aromatic heterocycles. The summed E-state index contributed by atoms with van der Waals surface area (Å²) in [5.41, 5.74) is 0.206. The largest absolute Gasteiger partial charge is 0.270 e. The van der Waals surface area contributed by atoms with Crippen molar-refractivity contribution in [2.24, 2.45) is 23.2 Å². The van der Waals surface area contributed by atoms with Crippen molar-refractivity contribution in [3.05, 3.63) is 0 Å². The molecular formula is C11H18O3S. The molecule has 86 valence electrons. The van der Waals surface area contributed by atoms with Gasteiger partial charge in [0.25, 0.3) is 10.1 Å². The fourth-order valence-corrected chi connectivity index (χ4v) is 6.46. The van der Waals surface area contributed by atoms with Crippen LogP contribution in [0.5, 0.6) is 0 Å². The molecule has 15 heavy (non-hydrogen) atoms. The Morgan fingerprint density at radius 3 is 2.60 bits per heavy atom. The zero-order chi connectivity index (χ0) is 11.0. The Labute approximate surface area is 91.3 Å². The van der Waals surface area contributed by atoms with Crippen LogP contribution < -0.4 is 0 Å². The minimum absolute atomic E-state index is 0.0150. The monoisotopic (exact) mass is 230 g/mol. The lowest BCUT2D eigenvalue weighted by molar-refractivity contribution is 0.0586. The van der Waals surface area contributed by atoms with E-state index in [1.165, 1.54) is 0 Å². The predicted molar refractivity (Wildman–Crippen MR) is 56.7 cm³/mol. The van der Waals surface area contributed by atoms with Crippen LogP contribution in [-0.2, 0) is 14.3 Å². The number of hydrogen-bond acceptors (Lipinski definition) is 3. The lowest BCUT2D eigenvalue weighted by Crippen LogP contribution is -2.37. The average Bonchev–Trinajstić information content (AvgIpc) is 2.57. The second-order valence-electron chi connectivity index (χ2n) is 6.09. The number of rotatable bonds is 1. The Bertz CT molecular complexity index is 400. The first-order chi connectivity index (χ1) is 6.85. The molecular weight excluding hydrogens is 212 g/mol. The van der Waals surface area contributed by atoms with Gasteiger partial charge in [0.05, 0.1) is 11.4 Å². The third-order valence-electron chi connectivity index (χ3n) is 4.76. The summed E-state index contributed by atoms with van der Waals surface area (Å²) in [6.07, 6.45) is 1.85. The Hall–Kier alpha value is -0.0900. The van der Waals surface area contributed by atoms with E-state index in [0.717, 1.165) is 12.8 Å². The highest BCUT2D eigenvalue weighted by atomic mass is 32.2. The van der Waals surface area contributed by atoms with Crippen LogP contribution in [0, 0.1) is 23.2 Å². The van der Waals surface area contributed by atoms with Crippen LogP contribution in [0.1, 0.15) is 33.6 Å². The molecule has 1 heterocycles. The molecule has 2 bridgehead atoms. The molecule has 5 unspecified atom stereocenters. The second kappa shape index (κ2) is 2.59. The summed E-state index contributed by atoms with van der Waals surface area (Å²) < 4.78 is 28.9. The molecule has 0 amide bonds. The van der Waals surface area contributed by atoms with Gasteiger partial charge < -0.3 is 0 Å². The van der Waals surface area contributed by atoms with Crippen molar-refractivity contribution in [3.63, 3.8) is 0 Å². The van der Waals surface area contributed by atoms with Gasteiger partial charge in [-0.05, 0) is 30.1 Å². The summed E-state index contributed by atoms with van der Waals surface area (Å²) in [6.45, 7) is 6.61. The van der Waals surface area contributed by atoms with Crippen molar-refractivity contribution in [1.82, 2.24) is 0 Å². The maximum atomic E-state index is 11.8. The van der Waals surface area contributed by atoms with E-state index in [0.29, 0.717) is 11.8 Å². The van der Waals surface area contributed by atoms with Gasteiger partial charge in [0.1, 0.15) is 0 Å². The number of fused-ring (bicyclic) bond motifs is 1. The molecule has 0 radical (unpaired) electrons. The van der Waals surface area contributed by atoms with Crippen molar-refractivity contribution >= 4 is 10.1 Å². The predicted octanol–water partition coefficient (Wildman–Crippen LogP) is 1.79. The van der Waals surface area contributed by atoms with E-state index in [1.54, 1.807) is 0 Å². The minimum Gasteiger partial charge on any atom is -0.266 e. The van der Waals surface area contributed by atoms with Crippen LogP contribution >= 0.6 is 0 Å². The number of hydrogen-bond donors (Lipinski definition) is 0. The molecule has 3 rings (SSSR count). The Morgan fingerprint density at radius 1 is 1.33 bits per heavy atom. The highest BCUT2D eigenvalue weighted by Gasteiger charge is 2.68. The quantitative estimate of drug-likeness (QED) is 0.645. The standard InChI is InChI=1S/C11H18O3S/c1-6(2)9-10-7-4-11(9,3)5-8(7)15(12,13)14-10/h6-10H,4-5H2,1-3H3. The maximum Gasteiger partial charge on any atom is 0.270 e. The molecule has 0 N–H and O–H groups in total. The lowest BCUT2D eigenvalue weighted by atomic mass is 9.70. The summed E-state index contributed by atoms with van der Waals surface area (Å²) in [7, 11) is -3.24. The molecule has 3 aliphatic rings. The highest BCUT2D eigenvalue weighted by molar-refractivity contribution is 7.87. The van der Waals surface area contributed by atoms with E-state index in [-0.39, 0.29) is 22.7 Å². The zero-order valence-electron chi connectivity index (χ0n) is 9.43. The average molecular weight is 230 g/mol. The summed E-state index contributed by atoms with van der Waals surface area (Å²) >= 11 is 0. The van der Waals surface area contributed by atoms with Crippen LogP contribution in [0.15, 0.2) is 0 Å². The van der Waals surface area contributed by atoms with Crippen LogP contribution in [0.3, 0.4) is 0 Å². The Balaban J connectivity index is 2.07. The molecule has 3 fully saturated rings.